The Hall–Kier alpha value is -7.28. The fourth-order valence-corrected chi connectivity index (χ4v) is 9.23. The zero-order chi connectivity index (χ0) is 37.0. The van der Waals surface area contributed by atoms with Crippen molar-refractivity contribution in [2.24, 2.45) is 0 Å². The van der Waals surface area contributed by atoms with Crippen LogP contribution in [-0.2, 0) is 0 Å². The van der Waals surface area contributed by atoms with E-state index in [0.29, 0.717) is 0 Å². The highest BCUT2D eigenvalue weighted by Crippen LogP contribution is 2.60. The molecule has 56 heavy (non-hydrogen) atoms. The molecule has 0 N–H and O–H groups in total. The van der Waals surface area contributed by atoms with Crippen molar-refractivity contribution in [2.75, 3.05) is 0 Å². The molecule has 0 atom stereocenters. The first-order valence-corrected chi connectivity index (χ1v) is 19.4. The van der Waals surface area contributed by atoms with Gasteiger partial charge in [-0.25, -0.2) is 0 Å². The Morgan fingerprint density at radius 1 is 0.179 bits per heavy atom. The molecular formula is C56H36. The third-order valence-electron chi connectivity index (χ3n) is 11.6. The fraction of sp³-hybridized carbons (Fsp3) is 0. The number of fused-ring (bicyclic) bond motifs is 4. The van der Waals surface area contributed by atoms with Crippen molar-refractivity contribution in [1.82, 2.24) is 0 Å². The van der Waals surface area contributed by atoms with Crippen LogP contribution in [0.25, 0.3) is 111 Å². The van der Waals surface area contributed by atoms with E-state index < -0.39 is 0 Å². The van der Waals surface area contributed by atoms with Gasteiger partial charge in [0.05, 0.1) is 0 Å². The van der Waals surface area contributed by atoms with Crippen LogP contribution < -0.4 is 0 Å². The summed E-state index contributed by atoms with van der Waals surface area (Å²) in [5.74, 6) is 0. The van der Waals surface area contributed by atoms with Gasteiger partial charge in [0, 0.05) is 0 Å². The molecule has 0 aliphatic heterocycles. The lowest BCUT2D eigenvalue weighted by Crippen LogP contribution is -1.97. The first kappa shape index (κ1) is 32.2. The maximum Gasteiger partial charge on any atom is -0.000718 e. The van der Waals surface area contributed by atoms with Crippen molar-refractivity contribution < 1.29 is 0 Å². The van der Waals surface area contributed by atoms with E-state index in [1.54, 1.807) is 0 Å². The van der Waals surface area contributed by atoms with E-state index in [4.69, 9.17) is 0 Å². The quantitative estimate of drug-likeness (QED) is 0.161. The molecule has 0 spiro atoms. The zero-order valence-corrected chi connectivity index (χ0v) is 30.8. The third kappa shape index (κ3) is 5.08. The fourth-order valence-electron chi connectivity index (χ4n) is 9.23. The molecular weight excluding hydrogens is 673 g/mol. The SMILES string of the molecule is c1ccc(-c2ccc(-c3ccccc3)c(-c3c4c(c(-c5ccccc5-c5ccccc5)c5ccccc35)-c3cccc5c(-c6ccccc6)ccc-4c35)c2)cc1. The maximum absolute atomic E-state index is 2.44. The van der Waals surface area contributed by atoms with Crippen molar-refractivity contribution in [3.8, 4) is 89.0 Å². The van der Waals surface area contributed by atoms with Gasteiger partial charge in [-0.2, -0.15) is 0 Å². The number of benzene rings is 10. The van der Waals surface area contributed by atoms with Crippen LogP contribution in [-0.4, -0.2) is 0 Å². The first-order chi connectivity index (χ1) is 27.8. The second-order valence-corrected chi connectivity index (χ2v) is 14.7. The summed E-state index contributed by atoms with van der Waals surface area (Å²) in [7, 11) is 0. The van der Waals surface area contributed by atoms with Crippen molar-refractivity contribution in [3.05, 3.63) is 218 Å². The van der Waals surface area contributed by atoms with E-state index in [9.17, 15) is 0 Å². The smallest absolute Gasteiger partial charge is 0.000718 e. The minimum Gasteiger partial charge on any atom is -0.0622 e. The Labute approximate surface area is 327 Å². The lowest BCUT2D eigenvalue weighted by molar-refractivity contribution is 1.57. The molecule has 0 unspecified atom stereocenters. The molecule has 0 heteroatoms. The largest absolute Gasteiger partial charge is 0.0622 e. The van der Waals surface area contributed by atoms with Crippen LogP contribution in [0.3, 0.4) is 0 Å². The standard InChI is InChI=1S/C56H36/c1-5-18-37(19-6-1)41-32-33-44(40-24-11-4-12-25-40)51(36-41)54-48-29-16-15-28-47(48)53(46-27-14-13-26-42(46)38-20-7-2-8-21-38)55-49-31-17-30-45-43(39-22-9-3-10-23-39)34-35-50(52(45)49)56(54)55/h1-36H. The minimum absolute atomic E-state index is 1.21. The Balaban J connectivity index is 1.33. The van der Waals surface area contributed by atoms with E-state index in [1.165, 1.54) is 111 Å². The summed E-state index contributed by atoms with van der Waals surface area (Å²) in [6, 6.07) is 80.2. The van der Waals surface area contributed by atoms with Crippen LogP contribution in [0, 0.1) is 0 Å². The summed E-state index contributed by atoms with van der Waals surface area (Å²) >= 11 is 0. The van der Waals surface area contributed by atoms with Crippen LogP contribution in [0.1, 0.15) is 0 Å². The summed E-state index contributed by atoms with van der Waals surface area (Å²) in [5.41, 5.74) is 20.0. The van der Waals surface area contributed by atoms with Gasteiger partial charge < -0.3 is 0 Å². The summed E-state index contributed by atoms with van der Waals surface area (Å²) < 4.78 is 0. The van der Waals surface area contributed by atoms with Crippen LogP contribution in [0.15, 0.2) is 218 Å². The van der Waals surface area contributed by atoms with Gasteiger partial charge >= 0.3 is 0 Å². The minimum atomic E-state index is 1.21. The molecule has 0 saturated carbocycles. The van der Waals surface area contributed by atoms with Crippen LogP contribution in [0.5, 0.6) is 0 Å². The van der Waals surface area contributed by atoms with Crippen LogP contribution in [0.2, 0.25) is 0 Å². The van der Waals surface area contributed by atoms with Gasteiger partial charge in [-0.1, -0.05) is 212 Å². The molecule has 0 saturated heterocycles. The molecule has 0 fully saturated rings. The monoisotopic (exact) mass is 708 g/mol. The summed E-state index contributed by atoms with van der Waals surface area (Å²) in [5, 5.41) is 5.10. The maximum atomic E-state index is 2.44. The highest BCUT2D eigenvalue weighted by molar-refractivity contribution is 6.29. The van der Waals surface area contributed by atoms with E-state index in [1.807, 2.05) is 0 Å². The Morgan fingerprint density at radius 3 is 1.18 bits per heavy atom. The molecule has 0 amide bonds. The molecule has 11 rings (SSSR count). The zero-order valence-electron chi connectivity index (χ0n) is 30.8. The highest BCUT2D eigenvalue weighted by atomic mass is 14.3. The van der Waals surface area contributed by atoms with E-state index >= 15 is 0 Å². The Bertz CT molecular complexity index is 3090. The molecule has 10 aromatic carbocycles. The summed E-state index contributed by atoms with van der Waals surface area (Å²) in [6.45, 7) is 0. The predicted octanol–water partition coefficient (Wildman–Crippen LogP) is 15.6. The van der Waals surface area contributed by atoms with Gasteiger partial charge in [0.25, 0.3) is 0 Å². The molecule has 260 valence electrons. The Morgan fingerprint density at radius 2 is 0.571 bits per heavy atom. The molecule has 1 aliphatic rings. The van der Waals surface area contributed by atoms with Crippen molar-refractivity contribution in [1.29, 1.82) is 0 Å². The number of hydrogen-bond donors (Lipinski definition) is 0. The summed E-state index contributed by atoms with van der Waals surface area (Å²) in [6.07, 6.45) is 0. The predicted molar refractivity (Wildman–Crippen MR) is 238 cm³/mol. The van der Waals surface area contributed by atoms with Gasteiger partial charge in [0.2, 0.25) is 0 Å². The van der Waals surface area contributed by atoms with Crippen molar-refractivity contribution in [2.45, 2.75) is 0 Å². The van der Waals surface area contributed by atoms with Gasteiger partial charge in [-0.05, 0) is 117 Å². The first-order valence-electron chi connectivity index (χ1n) is 19.4. The van der Waals surface area contributed by atoms with Gasteiger partial charge in [-0.15, -0.1) is 0 Å². The lowest BCUT2D eigenvalue weighted by Gasteiger charge is -2.24. The molecule has 0 aromatic heterocycles. The van der Waals surface area contributed by atoms with Crippen LogP contribution >= 0.6 is 0 Å². The van der Waals surface area contributed by atoms with E-state index in [-0.39, 0.29) is 0 Å². The molecule has 0 heterocycles. The topological polar surface area (TPSA) is 0 Å². The molecule has 10 aromatic rings. The van der Waals surface area contributed by atoms with Crippen LogP contribution in [0.4, 0.5) is 0 Å². The van der Waals surface area contributed by atoms with E-state index in [2.05, 4.69) is 218 Å². The number of hydrogen-bond acceptors (Lipinski definition) is 0. The average Bonchev–Trinajstić information content (AvgIpc) is 3.61. The summed E-state index contributed by atoms with van der Waals surface area (Å²) in [4.78, 5) is 0. The van der Waals surface area contributed by atoms with E-state index in [0.717, 1.165) is 0 Å². The second kappa shape index (κ2) is 13.2. The normalized spacial score (nSPS) is 11.6. The lowest BCUT2D eigenvalue weighted by atomic mass is 9.79. The average molecular weight is 709 g/mol. The van der Waals surface area contributed by atoms with Crippen molar-refractivity contribution >= 4 is 21.5 Å². The Kier molecular flexibility index (Phi) is 7.60. The molecule has 1 aliphatic carbocycles. The second-order valence-electron chi connectivity index (χ2n) is 14.7. The number of rotatable bonds is 6. The molecule has 0 nitrogen and oxygen atoms in total. The molecule has 0 radical (unpaired) electrons. The van der Waals surface area contributed by atoms with Crippen molar-refractivity contribution in [3.63, 3.8) is 0 Å². The highest BCUT2D eigenvalue weighted by Gasteiger charge is 2.32. The third-order valence-corrected chi connectivity index (χ3v) is 11.6. The van der Waals surface area contributed by atoms with Gasteiger partial charge in [0.1, 0.15) is 0 Å². The molecule has 0 bridgehead atoms. The van der Waals surface area contributed by atoms with Gasteiger partial charge in [-0.3, -0.25) is 0 Å². The van der Waals surface area contributed by atoms with Gasteiger partial charge in [0.15, 0.2) is 0 Å².